The van der Waals surface area contributed by atoms with E-state index in [-0.39, 0.29) is 11.8 Å². The zero-order valence-electron chi connectivity index (χ0n) is 11.5. The van der Waals surface area contributed by atoms with E-state index in [1.54, 1.807) is 18.0 Å². The Morgan fingerprint density at radius 3 is 2.86 bits per heavy atom. The molecule has 2 aromatic carbocycles. The van der Waals surface area contributed by atoms with Crippen molar-refractivity contribution in [3.8, 4) is 5.75 Å². The number of likely N-dealkylation sites (N-methyl/N-ethyl adjacent to an activating group) is 1. The molecule has 1 amide bonds. The van der Waals surface area contributed by atoms with E-state index in [4.69, 9.17) is 10.5 Å². The third-order valence-corrected chi connectivity index (χ3v) is 4.17. The molecule has 21 heavy (non-hydrogen) atoms. The minimum Gasteiger partial charge on any atom is -0.492 e. The standard InChI is InChI=1S/C16H15BrN2O2/c1-19(14-7-6-10(17)8-13(14)18)16(20)12-9-21-15-5-3-2-4-11(12)15/h2-8,12H,9,18H2,1H3. The number of halogens is 1. The summed E-state index contributed by atoms with van der Waals surface area (Å²) in [6.07, 6.45) is 0. The maximum absolute atomic E-state index is 12.7. The summed E-state index contributed by atoms with van der Waals surface area (Å²) in [6.45, 7) is 0.374. The van der Waals surface area contributed by atoms with E-state index in [2.05, 4.69) is 15.9 Å². The molecule has 1 aliphatic rings. The van der Waals surface area contributed by atoms with E-state index in [0.717, 1.165) is 15.8 Å². The molecule has 0 saturated carbocycles. The van der Waals surface area contributed by atoms with Crippen molar-refractivity contribution in [3.63, 3.8) is 0 Å². The highest BCUT2D eigenvalue weighted by Crippen LogP contribution is 2.36. The van der Waals surface area contributed by atoms with Crippen molar-refractivity contribution >= 4 is 33.2 Å². The molecule has 1 unspecified atom stereocenters. The Hall–Kier alpha value is -2.01. The van der Waals surface area contributed by atoms with E-state index in [9.17, 15) is 4.79 Å². The lowest BCUT2D eigenvalue weighted by atomic mass is 9.99. The number of ether oxygens (including phenoxy) is 1. The summed E-state index contributed by atoms with van der Waals surface area (Å²) in [7, 11) is 1.74. The van der Waals surface area contributed by atoms with Gasteiger partial charge in [0.25, 0.3) is 0 Å². The zero-order valence-corrected chi connectivity index (χ0v) is 13.1. The second-order valence-electron chi connectivity index (χ2n) is 5.00. The van der Waals surface area contributed by atoms with Crippen molar-refractivity contribution in [3.05, 3.63) is 52.5 Å². The minimum atomic E-state index is -0.283. The lowest BCUT2D eigenvalue weighted by Gasteiger charge is -2.22. The molecule has 0 fully saturated rings. The third-order valence-electron chi connectivity index (χ3n) is 3.68. The molecule has 5 heteroatoms. The van der Waals surface area contributed by atoms with Crippen LogP contribution in [0.3, 0.4) is 0 Å². The highest BCUT2D eigenvalue weighted by atomic mass is 79.9. The van der Waals surface area contributed by atoms with Crippen LogP contribution in [0, 0.1) is 0 Å². The van der Waals surface area contributed by atoms with E-state index in [0.29, 0.717) is 18.0 Å². The van der Waals surface area contributed by atoms with Crippen molar-refractivity contribution < 1.29 is 9.53 Å². The van der Waals surface area contributed by atoms with Gasteiger partial charge in [-0.1, -0.05) is 34.1 Å². The van der Waals surface area contributed by atoms with Crippen LogP contribution in [-0.2, 0) is 4.79 Å². The van der Waals surface area contributed by atoms with Gasteiger partial charge in [-0.2, -0.15) is 0 Å². The molecule has 3 rings (SSSR count). The number of hydrogen-bond acceptors (Lipinski definition) is 3. The number of nitrogens with two attached hydrogens (primary N) is 1. The van der Waals surface area contributed by atoms with Gasteiger partial charge in [0.1, 0.15) is 18.3 Å². The molecular weight excluding hydrogens is 332 g/mol. The molecule has 0 radical (unpaired) electrons. The van der Waals surface area contributed by atoms with Crippen LogP contribution in [0.5, 0.6) is 5.75 Å². The van der Waals surface area contributed by atoms with Crippen LogP contribution in [0.4, 0.5) is 11.4 Å². The normalized spacial score (nSPS) is 16.2. The highest BCUT2D eigenvalue weighted by molar-refractivity contribution is 9.10. The fourth-order valence-corrected chi connectivity index (χ4v) is 2.93. The zero-order chi connectivity index (χ0) is 15.0. The molecule has 1 heterocycles. The number of hydrogen-bond donors (Lipinski definition) is 1. The molecule has 0 bridgehead atoms. The van der Waals surface area contributed by atoms with Crippen molar-refractivity contribution in [2.45, 2.75) is 5.92 Å². The molecule has 2 aromatic rings. The van der Waals surface area contributed by atoms with Gasteiger partial charge >= 0.3 is 0 Å². The van der Waals surface area contributed by atoms with Crippen LogP contribution in [0.1, 0.15) is 11.5 Å². The molecule has 0 saturated heterocycles. The second kappa shape index (κ2) is 5.41. The molecule has 2 N–H and O–H groups in total. The smallest absolute Gasteiger partial charge is 0.237 e. The molecule has 0 aromatic heterocycles. The fraction of sp³-hybridized carbons (Fsp3) is 0.188. The Morgan fingerprint density at radius 1 is 1.33 bits per heavy atom. The van der Waals surface area contributed by atoms with Crippen LogP contribution >= 0.6 is 15.9 Å². The van der Waals surface area contributed by atoms with E-state index in [1.165, 1.54) is 0 Å². The SMILES string of the molecule is CN(C(=O)C1COc2ccccc21)c1ccc(Br)cc1N. The summed E-state index contributed by atoms with van der Waals surface area (Å²) < 4.78 is 6.47. The average molecular weight is 347 g/mol. The summed E-state index contributed by atoms with van der Waals surface area (Å²) in [5.74, 6) is 0.483. The van der Waals surface area contributed by atoms with Crippen molar-refractivity contribution in [2.24, 2.45) is 0 Å². The summed E-state index contributed by atoms with van der Waals surface area (Å²) in [4.78, 5) is 14.3. The number of fused-ring (bicyclic) bond motifs is 1. The summed E-state index contributed by atoms with van der Waals surface area (Å²) >= 11 is 3.37. The molecule has 0 spiro atoms. The summed E-state index contributed by atoms with van der Waals surface area (Å²) in [5.41, 5.74) is 8.20. The van der Waals surface area contributed by atoms with Crippen LogP contribution in [0.25, 0.3) is 0 Å². The Balaban J connectivity index is 1.89. The topological polar surface area (TPSA) is 55.6 Å². The Bertz CT molecular complexity index is 702. The average Bonchev–Trinajstić information content (AvgIpc) is 2.90. The Labute approximate surface area is 131 Å². The predicted molar refractivity (Wildman–Crippen MR) is 86.6 cm³/mol. The number of nitrogen functional groups attached to an aromatic ring is 1. The van der Waals surface area contributed by atoms with E-state index < -0.39 is 0 Å². The first-order valence-corrected chi connectivity index (χ1v) is 7.41. The van der Waals surface area contributed by atoms with Gasteiger partial charge in [-0.3, -0.25) is 4.79 Å². The van der Waals surface area contributed by atoms with Crippen molar-refractivity contribution in [2.75, 3.05) is 24.3 Å². The Morgan fingerprint density at radius 2 is 2.10 bits per heavy atom. The first-order valence-electron chi connectivity index (χ1n) is 6.62. The molecule has 108 valence electrons. The summed E-state index contributed by atoms with van der Waals surface area (Å²) in [6, 6.07) is 13.1. The van der Waals surface area contributed by atoms with Crippen molar-refractivity contribution in [1.29, 1.82) is 0 Å². The van der Waals surface area contributed by atoms with Gasteiger partial charge < -0.3 is 15.4 Å². The van der Waals surface area contributed by atoms with Crippen LogP contribution < -0.4 is 15.4 Å². The number of carbonyl (C=O) groups is 1. The number of rotatable bonds is 2. The maximum Gasteiger partial charge on any atom is 0.237 e. The molecular formula is C16H15BrN2O2. The number of carbonyl (C=O) groups excluding carboxylic acids is 1. The molecule has 4 nitrogen and oxygen atoms in total. The van der Waals surface area contributed by atoms with Crippen LogP contribution in [-0.4, -0.2) is 19.6 Å². The summed E-state index contributed by atoms with van der Waals surface area (Å²) in [5, 5.41) is 0. The largest absolute Gasteiger partial charge is 0.492 e. The van der Waals surface area contributed by atoms with Crippen molar-refractivity contribution in [1.82, 2.24) is 0 Å². The molecule has 1 aliphatic heterocycles. The molecule has 1 atom stereocenters. The number of benzene rings is 2. The monoisotopic (exact) mass is 346 g/mol. The predicted octanol–water partition coefficient (Wildman–Crippen LogP) is 3.17. The van der Waals surface area contributed by atoms with Gasteiger partial charge in [-0.25, -0.2) is 0 Å². The van der Waals surface area contributed by atoms with Gasteiger partial charge in [0.2, 0.25) is 5.91 Å². The van der Waals surface area contributed by atoms with Gasteiger partial charge in [-0.05, 0) is 24.3 Å². The number of anilines is 2. The van der Waals surface area contributed by atoms with E-state index in [1.807, 2.05) is 36.4 Å². The lowest BCUT2D eigenvalue weighted by molar-refractivity contribution is -0.119. The van der Waals surface area contributed by atoms with Crippen LogP contribution in [0.2, 0.25) is 0 Å². The molecule has 0 aliphatic carbocycles. The number of amides is 1. The highest BCUT2D eigenvalue weighted by Gasteiger charge is 2.32. The fourth-order valence-electron chi connectivity index (χ4n) is 2.55. The maximum atomic E-state index is 12.7. The lowest BCUT2D eigenvalue weighted by Crippen LogP contribution is -2.32. The number of para-hydroxylation sites is 1. The van der Waals surface area contributed by atoms with Gasteiger partial charge in [0.15, 0.2) is 0 Å². The Kier molecular flexibility index (Phi) is 3.59. The number of nitrogens with zero attached hydrogens (tertiary/aromatic N) is 1. The van der Waals surface area contributed by atoms with Gasteiger partial charge in [0.05, 0.1) is 11.4 Å². The first-order chi connectivity index (χ1) is 10.1. The minimum absolute atomic E-state index is 0.0195. The third kappa shape index (κ3) is 2.49. The second-order valence-corrected chi connectivity index (χ2v) is 5.92. The van der Waals surface area contributed by atoms with Crippen LogP contribution in [0.15, 0.2) is 46.9 Å². The van der Waals surface area contributed by atoms with Gasteiger partial charge in [0, 0.05) is 17.1 Å². The van der Waals surface area contributed by atoms with Gasteiger partial charge in [-0.15, -0.1) is 0 Å². The van der Waals surface area contributed by atoms with E-state index >= 15 is 0 Å². The first kappa shape index (κ1) is 13.9. The quantitative estimate of drug-likeness (QED) is 0.849.